The number of fused-ring (bicyclic) bond motifs is 3. The van der Waals surface area contributed by atoms with Gasteiger partial charge >= 0.3 is 0 Å². The van der Waals surface area contributed by atoms with E-state index >= 15 is 0 Å². The molecule has 0 heterocycles. The van der Waals surface area contributed by atoms with Gasteiger partial charge in [-0.25, -0.2) is 0 Å². The van der Waals surface area contributed by atoms with E-state index < -0.39 is 0 Å². The van der Waals surface area contributed by atoms with E-state index in [0.29, 0.717) is 0 Å². The fourth-order valence-corrected chi connectivity index (χ4v) is 4.44. The van der Waals surface area contributed by atoms with Crippen LogP contribution in [-0.4, -0.2) is 10.2 Å². The summed E-state index contributed by atoms with van der Waals surface area (Å²) >= 11 is 0. The molecule has 0 bridgehead atoms. The molecule has 2 N–H and O–H groups in total. The molecule has 4 aromatic carbocycles. The first-order valence-electron chi connectivity index (χ1n) is 11.2. The first-order valence-corrected chi connectivity index (χ1v) is 11.2. The smallest absolute Gasteiger partial charge is 0.128 e. The molecule has 0 aliphatic heterocycles. The van der Waals surface area contributed by atoms with Gasteiger partial charge in [0.2, 0.25) is 0 Å². The van der Waals surface area contributed by atoms with Gasteiger partial charge < -0.3 is 19.7 Å². The number of aromatic hydroxyl groups is 2. The van der Waals surface area contributed by atoms with E-state index in [1.165, 1.54) is 5.57 Å². The summed E-state index contributed by atoms with van der Waals surface area (Å²) in [6, 6.07) is 22.3. The lowest BCUT2D eigenvalue weighted by Crippen LogP contribution is -2.11. The van der Waals surface area contributed by atoms with Crippen molar-refractivity contribution in [3.05, 3.63) is 120 Å². The van der Waals surface area contributed by atoms with Crippen molar-refractivity contribution in [2.75, 3.05) is 0 Å². The molecule has 4 nitrogen and oxygen atoms in total. The lowest BCUT2D eigenvalue weighted by Gasteiger charge is -2.23. The number of rotatable bonds is 4. The first kappa shape index (κ1) is 20.2. The van der Waals surface area contributed by atoms with Crippen LogP contribution < -0.4 is 9.47 Å². The van der Waals surface area contributed by atoms with E-state index in [1.807, 2.05) is 54.6 Å². The number of hydrogen-bond donors (Lipinski definition) is 2. The molecule has 166 valence electrons. The molecule has 4 heteroatoms. The molecule has 6 rings (SSSR count). The van der Waals surface area contributed by atoms with E-state index in [1.54, 1.807) is 24.3 Å². The molecule has 4 aromatic rings. The molecular weight excluding hydrogens is 424 g/mol. The Morgan fingerprint density at radius 1 is 0.618 bits per heavy atom. The van der Waals surface area contributed by atoms with E-state index in [0.717, 1.165) is 51.0 Å². The van der Waals surface area contributed by atoms with Crippen molar-refractivity contribution in [3.8, 4) is 23.0 Å². The number of benzene rings is 4. The quantitative estimate of drug-likeness (QED) is 0.350. The molecule has 2 aliphatic carbocycles. The summed E-state index contributed by atoms with van der Waals surface area (Å²) in [5, 5.41) is 23.3. The summed E-state index contributed by atoms with van der Waals surface area (Å²) in [7, 11) is 0. The Labute approximate surface area is 197 Å². The maximum Gasteiger partial charge on any atom is 0.128 e. The topological polar surface area (TPSA) is 58.9 Å². The zero-order chi connectivity index (χ0) is 23.1. The second-order valence-corrected chi connectivity index (χ2v) is 8.59. The van der Waals surface area contributed by atoms with Crippen LogP contribution >= 0.6 is 0 Å². The Morgan fingerprint density at radius 3 is 1.82 bits per heavy atom. The molecule has 0 saturated heterocycles. The van der Waals surface area contributed by atoms with Crippen LogP contribution in [0.15, 0.2) is 120 Å². The standard InChI is InChI=1S/C30H22O4/c31-25-7-1-21-15-27(9-3-19(21)13-25)33-29-11-5-24-18-30(12-6-23(24)17-29)34-28-10-4-20-14-26(32)8-2-22(20)16-28/h1-5,7-18,23,31-32H,6H2. The molecule has 0 aromatic heterocycles. The highest BCUT2D eigenvalue weighted by Crippen LogP contribution is 2.34. The second-order valence-electron chi connectivity index (χ2n) is 8.59. The Hall–Kier alpha value is -4.44. The molecule has 0 amide bonds. The third-order valence-corrected chi connectivity index (χ3v) is 6.18. The average molecular weight is 447 g/mol. The summed E-state index contributed by atoms with van der Waals surface area (Å²) in [6.07, 6.45) is 11.2. The van der Waals surface area contributed by atoms with Crippen LogP contribution in [-0.2, 0) is 0 Å². The van der Waals surface area contributed by atoms with Crippen LogP contribution in [0.2, 0.25) is 0 Å². The van der Waals surface area contributed by atoms with Crippen LogP contribution in [0.4, 0.5) is 0 Å². The number of ether oxygens (including phenoxy) is 2. The van der Waals surface area contributed by atoms with Crippen molar-refractivity contribution >= 4 is 21.5 Å². The van der Waals surface area contributed by atoms with Gasteiger partial charge in [-0.2, -0.15) is 0 Å². The zero-order valence-electron chi connectivity index (χ0n) is 18.3. The minimum atomic E-state index is 0.240. The van der Waals surface area contributed by atoms with Gasteiger partial charge in [0.1, 0.15) is 34.5 Å². The van der Waals surface area contributed by atoms with Gasteiger partial charge in [0.15, 0.2) is 0 Å². The van der Waals surface area contributed by atoms with Gasteiger partial charge in [0.05, 0.1) is 0 Å². The van der Waals surface area contributed by atoms with Crippen LogP contribution in [0.5, 0.6) is 23.0 Å². The second kappa shape index (κ2) is 8.16. The van der Waals surface area contributed by atoms with Crippen LogP contribution in [0.3, 0.4) is 0 Å². The molecule has 34 heavy (non-hydrogen) atoms. The first-order chi connectivity index (χ1) is 16.6. The van der Waals surface area contributed by atoms with Gasteiger partial charge in [-0.1, -0.05) is 30.3 Å². The molecular formula is C30H22O4. The summed E-state index contributed by atoms with van der Waals surface area (Å²) in [5.74, 6) is 3.93. The Morgan fingerprint density at radius 2 is 1.18 bits per heavy atom. The van der Waals surface area contributed by atoms with Crippen molar-refractivity contribution in [1.29, 1.82) is 0 Å². The van der Waals surface area contributed by atoms with Gasteiger partial charge in [-0.3, -0.25) is 0 Å². The van der Waals surface area contributed by atoms with Crippen molar-refractivity contribution in [1.82, 2.24) is 0 Å². The normalized spacial score (nSPS) is 17.1. The number of allylic oxidation sites excluding steroid dienone is 6. The molecule has 2 aliphatic rings. The molecule has 1 atom stereocenters. The number of phenols is 2. The van der Waals surface area contributed by atoms with Crippen molar-refractivity contribution in [3.63, 3.8) is 0 Å². The Kier molecular flexibility index (Phi) is 4.84. The number of phenolic OH excluding ortho intramolecular Hbond substituents is 2. The SMILES string of the molecule is Oc1ccc2cc(OC3=CCC4C=C(Oc5ccc6cc(O)ccc6c5)C=CC4=C3)ccc2c1. The van der Waals surface area contributed by atoms with E-state index in [2.05, 4.69) is 24.3 Å². The summed E-state index contributed by atoms with van der Waals surface area (Å²) in [6.45, 7) is 0. The fourth-order valence-electron chi connectivity index (χ4n) is 4.44. The fraction of sp³-hybridized carbons (Fsp3) is 0.0667. The van der Waals surface area contributed by atoms with E-state index in [-0.39, 0.29) is 17.4 Å². The zero-order valence-corrected chi connectivity index (χ0v) is 18.3. The highest BCUT2D eigenvalue weighted by atomic mass is 16.5. The molecule has 0 radical (unpaired) electrons. The van der Waals surface area contributed by atoms with Gasteiger partial charge in [0.25, 0.3) is 0 Å². The molecule has 1 unspecified atom stereocenters. The number of hydrogen-bond acceptors (Lipinski definition) is 4. The van der Waals surface area contributed by atoms with Gasteiger partial charge in [0, 0.05) is 5.92 Å². The monoisotopic (exact) mass is 446 g/mol. The predicted molar refractivity (Wildman–Crippen MR) is 134 cm³/mol. The van der Waals surface area contributed by atoms with Crippen LogP contribution in [0.1, 0.15) is 6.42 Å². The minimum Gasteiger partial charge on any atom is -0.508 e. The Balaban J connectivity index is 1.16. The van der Waals surface area contributed by atoms with E-state index in [4.69, 9.17) is 9.47 Å². The predicted octanol–water partition coefficient (Wildman–Crippen LogP) is 7.15. The molecule has 0 fully saturated rings. The van der Waals surface area contributed by atoms with Crippen LogP contribution in [0.25, 0.3) is 21.5 Å². The van der Waals surface area contributed by atoms with Gasteiger partial charge in [-0.15, -0.1) is 0 Å². The minimum absolute atomic E-state index is 0.240. The lowest BCUT2D eigenvalue weighted by molar-refractivity contribution is 0.425. The summed E-state index contributed by atoms with van der Waals surface area (Å²) in [5.41, 5.74) is 1.18. The van der Waals surface area contributed by atoms with Crippen molar-refractivity contribution in [2.45, 2.75) is 6.42 Å². The van der Waals surface area contributed by atoms with Gasteiger partial charge in [-0.05, 0) is 106 Å². The molecule has 0 saturated carbocycles. The maximum atomic E-state index is 9.65. The Bertz CT molecular complexity index is 1470. The third kappa shape index (κ3) is 4.02. The maximum absolute atomic E-state index is 9.65. The largest absolute Gasteiger partial charge is 0.508 e. The summed E-state index contributed by atoms with van der Waals surface area (Å²) in [4.78, 5) is 0. The highest BCUT2D eigenvalue weighted by molar-refractivity contribution is 5.86. The summed E-state index contributed by atoms with van der Waals surface area (Å²) < 4.78 is 12.3. The van der Waals surface area contributed by atoms with Crippen molar-refractivity contribution < 1.29 is 19.7 Å². The highest BCUT2D eigenvalue weighted by Gasteiger charge is 2.20. The van der Waals surface area contributed by atoms with E-state index in [9.17, 15) is 10.2 Å². The molecule has 0 spiro atoms. The van der Waals surface area contributed by atoms with Crippen molar-refractivity contribution in [2.24, 2.45) is 5.92 Å². The van der Waals surface area contributed by atoms with Crippen LogP contribution in [0, 0.1) is 5.92 Å². The average Bonchev–Trinajstić information content (AvgIpc) is 2.84. The lowest BCUT2D eigenvalue weighted by atomic mass is 9.87. The third-order valence-electron chi connectivity index (χ3n) is 6.18.